The number of carbonyl (C=O) groups is 2. The van der Waals surface area contributed by atoms with Crippen molar-refractivity contribution in [3.05, 3.63) is 34.4 Å². The second-order valence-corrected chi connectivity index (χ2v) is 3.21. The summed E-state index contributed by atoms with van der Waals surface area (Å²) in [6.07, 6.45) is -0.129. The Balaban J connectivity index is 3.37. The second-order valence-electron chi connectivity index (χ2n) is 3.21. The van der Waals surface area contributed by atoms with Gasteiger partial charge in [-0.3, -0.25) is 4.79 Å². The summed E-state index contributed by atoms with van der Waals surface area (Å²) in [5, 5.41) is 9.33. The first-order valence-corrected chi connectivity index (χ1v) is 4.30. The van der Waals surface area contributed by atoms with E-state index in [1.165, 1.54) is 0 Å². The molecule has 1 N–H and O–H groups in total. The fourth-order valence-electron chi connectivity index (χ4n) is 1.35. The van der Waals surface area contributed by atoms with Crippen LogP contribution < -0.4 is 0 Å². The molecule has 0 heterocycles. The molecule has 0 saturated heterocycles. The highest BCUT2D eigenvalue weighted by molar-refractivity contribution is 5.82. The predicted molar refractivity (Wildman–Crippen MR) is 52.3 cm³/mol. The third kappa shape index (κ3) is 1.72. The van der Waals surface area contributed by atoms with E-state index in [2.05, 4.69) is 0 Å². The van der Waals surface area contributed by atoms with Gasteiger partial charge in [0.05, 0.1) is 0 Å². The third-order valence-corrected chi connectivity index (χ3v) is 2.38. The zero-order valence-electron chi connectivity index (χ0n) is 8.15. The van der Waals surface area contributed by atoms with Gasteiger partial charge in [-0.05, 0) is 30.5 Å². The molecular formula is C11H12O3. The number of aliphatic hydroxyl groups is 1. The molecule has 1 aromatic rings. The van der Waals surface area contributed by atoms with Gasteiger partial charge in [0.15, 0.2) is 12.6 Å². The van der Waals surface area contributed by atoms with Crippen molar-refractivity contribution in [1.29, 1.82) is 0 Å². The van der Waals surface area contributed by atoms with Gasteiger partial charge in [-0.1, -0.05) is 12.1 Å². The summed E-state index contributed by atoms with van der Waals surface area (Å²) >= 11 is 0. The number of aliphatic hydroxyl groups excluding tert-OH is 1. The molecule has 0 fully saturated rings. The quantitative estimate of drug-likeness (QED) is 0.735. The van der Waals surface area contributed by atoms with Gasteiger partial charge in [-0.25, -0.2) is 0 Å². The molecule has 0 radical (unpaired) electrons. The number of hydrogen-bond acceptors (Lipinski definition) is 3. The van der Waals surface area contributed by atoms with Crippen LogP contribution in [-0.2, 0) is 4.79 Å². The lowest BCUT2D eigenvalue weighted by Gasteiger charge is -2.11. The van der Waals surface area contributed by atoms with Gasteiger partial charge in [0.1, 0.15) is 6.10 Å². The molecule has 14 heavy (non-hydrogen) atoms. The zero-order valence-corrected chi connectivity index (χ0v) is 8.15. The van der Waals surface area contributed by atoms with Crippen LogP contribution in [0.25, 0.3) is 0 Å². The van der Waals surface area contributed by atoms with Crippen molar-refractivity contribution < 1.29 is 14.7 Å². The van der Waals surface area contributed by atoms with Crippen LogP contribution in [0.4, 0.5) is 0 Å². The van der Waals surface area contributed by atoms with Crippen LogP contribution >= 0.6 is 0 Å². The first kappa shape index (κ1) is 10.6. The Morgan fingerprint density at radius 1 is 1.29 bits per heavy atom. The molecule has 3 nitrogen and oxygen atoms in total. The number of hydrogen-bond donors (Lipinski definition) is 1. The van der Waals surface area contributed by atoms with Crippen molar-refractivity contribution in [2.75, 3.05) is 0 Å². The van der Waals surface area contributed by atoms with Crippen LogP contribution in [0.3, 0.4) is 0 Å². The van der Waals surface area contributed by atoms with Gasteiger partial charge in [-0.15, -0.1) is 0 Å². The fourth-order valence-corrected chi connectivity index (χ4v) is 1.35. The first-order chi connectivity index (χ1) is 6.61. The number of benzene rings is 1. The van der Waals surface area contributed by atoms with E-state index >= 15 is 0 Å². The maximum Gasteiger partial charge on any atom is 0.153 e. The Morgan fingerprint density at radius 3 is 2.43 bits per heavy atom. The molecule has 0 aliphatic rings. The lowest BCUT2D eigenvalue weighted by molar-refractivity contribution is -0.115. The van der Waals surface area contributed by atoms with Crippen molar-refractivity contribution in [1.82, 2.24) is 0 Å². The minimum atomic E-state index is -1.21. The summed E-state index contributed by atoms with van der Waals surface area (Å²) in [4.78, 5) is 21.2. The first-order valence-electron chi connectivity index (χ1n) is 4.30. The van der Waals surface area contributed by atoms with Crippen molar-refractivity contribution >= 4 is 12.6 Å². The third-order valence-electron chi connectivity index (χ3n) is 2.38. The van der Waals surface area contributed by atoms with E-state index in [1.807, 2.05) is 6.92 Å². The van der Waals surface area contributed by atoms with Crippen LogP contribution in [0.2, 0.25) is 0 Å². The molecule has 1 unspecified atom stereocenters. The van der Waals surface area contributed by atoms with E-state index in [1.54, 1.807) is 19.1 Å². The predicted octanol–water partition coefficient (Wildman–Crippen LogP) is 1.35. The van der Waals surface area contributed by atoms with E-state index in [4.69, 9.17) is 0 Å². The number of carbonyl (C=O) groups excluding carboxylic acids is 2. The molecule has 1 aromatic carbocycles. The summed E-state index contributed by atoms with van der Waals surface area (Å²) in [7, 11) is 0. The highest BCUT2D eigenvalue weighted by atomic mass is 16.3. The van der Waals surface area contributed by atoms with Gasteiger partial charge in [0.25, 0.3) is 0 Å². The van der Waals surface area contributed by atoms with Crippen LogP contribution in [0.5, 0.6) is 0 Å². The number of rotatable bonds is 3. The van der Waals surface area contributed by atoms with Gasteiger partial charge in [0.2, 0.25) is 0 Å². The van der Waals surface area contributed by atoms with Crippen LogP contribution in [0, 0.1) is 13.8 Å². The summed E-state index contributed by atoms with van der Waals surface area (Å²) < 4.78 is 0. The van der Waals surface area contributed by atoms with Gasteiger partial charge < -0.3 is 9.90 Å². The Morgan fingerprint density at radius 2 is 1.93 bits per heavy atom. The van der Waals surface area contributed by atoms with Crippen LogP contribution in [0.15, 0.2) is 12.1 Å². The monoisotopic (exact) mass is 192 g/mol. The van der Waals surface area contributed by atoms with Gasteiger partial charge in [0, 0.05) is 5.56 Å². The maximum atomic E-state index is 10.8. The van der Waals surface area contributed by atoms with E-state index in [0.29, 0.717) is 23.7 Å². The molecular weight excluding hydrogens is 180 g/mol. The van der Waals surface area contributed by atoms with Crippen molar-refractivity contribution in [3.63, 3.8) is 0 Å². The molecule has 74 valence electrons. The molecule has 0 aliphatic heterocycles. The minimum Gasteiger partial charge on any atom is -0.381 e. The molecule has 0 aliphatic carbocycles. The van der Waals surface area contributed by atoms with Crippen LogP contribution in [-0.4, -0.2) is 17.7 Å². The SMILES string of the molecule is Cc1ccc(C(O)C=O)c(C=O)c1C. The Bertz CT molecular complexity index is 369. The van der Waals surface area contributed by atoms with E-state index in [-0.39, 0.29) is 0 Å². The highest BCUT2D eigenvalue weighted by Crippen LogP contribution is 2.21. The molecule has 0 aromatic heterocycles. The van der Waals surface area contributed by atoms with Crippen molar-refractivity contribution in [2.45, 2.75) is 20.0 Å². The standard InChI is InChI=1S/C11H12O3/c1-7-3-4-9(11(14)6-13)10(5-12)8(7)2/h3-6,11,14H,1-2H3. The van der Waals surface area contributed by atoms with Crippen molar-refractivity contribution in [2.24, 2.45) is 0 Å². The highest BCUT2D eigenvalue weighted by Gasteiger charge is 2.13. The molecule has 0 spiro atoms. The molecule has 0 saturated carbocycles. The molecule has 0 bridgehead atoms. The maximum absolute atomic E-state index is 10.8. The lowest BCUT2D eigenvalue weighted by atomic mass is 9.96. The second kappa shape index (κ2) is 4.15. The number of aldehydes is 2. The smallest absolute Gasteiger partial charge is 0.153 e. The summed E-state index contributed by atoms with van der Waals surface area (Å²) in [6.45, 7) is 3.67. The average molecular weight is 192 g/mol. The summed E-state index contributed by atoms with van der Waals surface area (Å²) in [6, 6.07) is 3.38. The van der Waals surface area contributed by atoms with Crippen molar-refractivity contribution in [3.8, 4) is 0 Å². The van der Waals surface area contributed by atoms with Gasteiger partial charge in [-0.2, -0.15) is 0 Å². The molecule has 0 amide bonds. The normalized spacial score (nSPS) is 12.2. The lowest BCUT2D eigenvalue weighted by Crippen LogP contribution is -2.05. The fraction of sp³-hybridized carbons (Fsp3) is 0.273. The number of aryl methyl sites for hydroxylation is 1. The zero-order chi connectivity index (χ0) is 10.7. The summed E-state index contributed by atoms with van der Waals surface area (Å²) in [5.41, 5.74) is 2.55. The Hall–Kier alpha value is -1.48. The summed E-state index contributed by atoms with van der Waals surface area (Å²) in [5.74, 6) is 0. The molecule has 1 rings (SSSR count). The Labute approximate surface area is 82.4 Å². The van der Waals surface area contributed by atoms with E-state index < -0.39 is 6.10 Å². The topological polar surface area (TPSA) is 54.4 Å². The van der Waals surface area contributed by atoms with Crippen LogP contribution in [0.1, 0.15) is 33.2 Å². The Kier molecular flexibility index (Phi) is 3.14. The average Bonchev–Trinajstić information content (AvgIpc) is 2.20. The van der Waals surface area contributed by atoms with Gasteiger partial charge >= 0.3 is 0 Å². The van der Waals surface area contributed by atoms with E-state index in [0.717, 1.165) is 11.1 Å². The molecule has 3 heteroatoms. The minimum absolute atomic E-state index is 0.373. The molecule has 1 atom stereocenters. The largest absolute Gasteiger partial charge is 0.381 e. The van der Waals surface area contributed by atoms with E-state index in [9.17, 15) is 14.7 Å².